The van der Waals surface area contributed by atoms with E-state index >= 15 is 0 Å². The molecule has 0 fully saturated rings. The zero-order valence-corrected chi connectivity index (χ0v) is 18.7. The number of urea groups is 1. The lowest BCUT2D eigenvalue weighted by atomic mass is 10.0. The van der Waals surface area contributed by atoms with Gasteiger partial charge in [-0.25, -0.2) is 4.79 Å². The fourth-order valence-corrected chi connectivity index (χ4v) is 5.43. The van der Waals surface area contributed by atoms with Gasteiger partial charge in [0.1, 0.15) is 23.7 Å². The Morgan fingerprint density at radius 1 is 1.00 bits per heavy atom. The molecular formula is C25H18F3N2O3S+. The van der Waals surface area contributed by atoms with Crippen LogP contribution in [-0.2, 0) is 17.5 Å². The van der Waals surface area contributed by atoms with Gasteiger partial charge in [0, 0.05) is 10.5 Å². The predicted molar refractivity (Wildman–Crippen MR) is 121 cm³/mol. The van der Waals surface area contributed by atoms with Crippen molar-refractivity contribution in [3.63, 3.8) is 0 Å². The van der Waals surface area contributed by atoms with Crippen molar-refractivity contribution >= 4 is 35.1 Å². The van der Waals surface area contributed by atoms with E-state index in [0.29, 0.717) is 22.7 Å². The Morgan fingerprint density at radius 2 is 1.74 bits per heavy atom. The molecule has 1 atom stereocenters. The average molecular weight is 483 g/mol. The summed E-state index contributed by atoms with van der Waals surface area (Å²) in [5, 5.41) is -0.692. The molecule has 34 heavy (non-hydrogen) atoms. The normalized spacial score (nSPS) is 17.6. The number of halogens is 3. The molecule has 2 heterocycles. The second kappa shape index (κ2) is 8.32. The van der Waals surface area contributed by atoms with Crippen LogP contribution in [0.15, 0.2) is 77.7 Å². The fourth-order valence-electron chi connectivity index (χ4n) is 4.14. The second-order valence-electron chi connectivity index (χ2n) is 7.82. The summed E-state index contributed by atoms with van der Waals surface area (Å²) in [5.41, 5.74) is 1.12. The summed E-state index contributed by atoms with van der Waals surface area (Å²) in [6.45, 7) is -0.108. The highest BCUT2D eigenvalue weighted by Gasteiger charge is 2.53. The standard InChI is InChI=1S/C25H18F3N2O3S/c1-33-18-11-9-17(10-12-18)30-23(31)22-21(19-7-2-3-8-20(19)34-22)29(24(30)32)14-15-5-4-6-16(13-15)25(26,27)28/h2-13,22H,14H2,1H3/q+1. The van der Waals surface area contributed by atoms with Crippen molar-refractivity contribution in [2.45, 2.75) is 22.9 Å². The number of benzene rings is 3. The quantitative estimate of drug-likeness (QED) is 0.469. The van der Waals surface area contributed by atoms with Crippen molar-refractivity contribution in [3.05, 3.63) is 89.5 Å². The molecule has 1 unspecified atom stereocenters. The van der Waals surface area contributed by atoms with Crippen LogP contribution in [0.5, 0.6) is 5.75 Å². The van der Waals surface area contributed by atoms with E-state index in [-0.39, 0.29) is 6.54 Å². The number of hydrogen-bond donors (Lipinski definition) is 0. The molecule has 0 bridgehead atoms. The van der Waals surface area contributed by atoms with Crippen molar-refractivity contribution in [1.82, 2.24) is 0 Å². The number of hydrogen-bond acceptors (Lipinski definition) is 4. The van der Waals surface area contributed by atoms with Crippen LogP contribution in [0.25, 0.3) is 0 Å². The van der Waals surface area contributed by atoms with Gasteiger partial charge in [-0.05, 0) is 54.1 Å². The molecule has 172 valence electrons. The van der Waals surface area contributed by atoms with Gasteiger partial charge in [0.25, 0.3) is 0 Å². The predicted octanol–water partition coefficient (Wildman–Crippen LogP) is 5.36. The number of rotatable bonds is 4. The molecule has 0 N–H and O–H groups in total. The van der Waals surface area contributed by atoms with E-state index in [4.69, 9.17) is 4.74 Å². The Kier molecular flexibility index (Phi) is 5.44. The Bertz CT molecular complexity index is 1340. The first-order valence-corrected chi connectivity index (χ1v) is 11.2. The van der Waals surface area contributed by atoms with Gasteiger partial charge in [0.15, 0.2) is 5.25 Å². The highest BCUT2D eigenvalue weighted by Crippen LogP contribution is 2.41. The van der Waals surface area contributed by atoms with Gasteiger partial charge in [0.2, 0.25) is 0 Å². The van der Waals surface area contributed by atoms with E-state index in [1.54, 1.807) is 30.3 Å². The first kappa shape index (κ1) is 22.2. The maximum absolute atomic E-state index is 13.7. The Morgan fingerprint density at radius 3 is 2.44 bits per heavy atom. The Balaban J connectivity index is 1.63. The molecule has 0 saturated carbocycles. The van der Waals surface area contributed by atoms with Crippen LogP contribution >= 0.6 is 11.8 Å². The van der Waals surface area contributed by atoms with Gasteiger partial charge in [-0.3, -0.25) is 0 Å². The van der Waals surface area contributed by atoms with Gasteiger partial charge < -0.3 is 4.74 Å². The molecule has 2 aliphatic heterocycles. The summed E-state index contributed by atoms with van der Waals surface area (Å²) < 4.78 is 46.4. The Hall–Kier alpha value is -3.59. The number of carbonyl (C=O) groups is 2. The number of methoxy groups -OCH3 is 1. The first-order chi connectivity index (χ1) is 16.3. The zero-order chi connectivity index (χ0) is 24.0. The SMILES string of the molecule is COc1ccc(N2C(=O)C3Sc4ccccc4C3=[N+](Cc3cccc(C(F)(F)F)c3)C2=O)cc1. The molecule has 5 rings (SSSR count). The lowest BCUT2D eigenvalue weighted by Gasteiger charge is -2.24. The minimum atomic E-state index is -4.50. The summed E-state index contributed by atoms with van der Waals surface area (Å²) in [6.07, 6.45) is -4.50. The zero-order valence-electron chi connectivity index (χ0n) is 17.9. The average Bonchev–Trinajstić information content (AvgIpc) is 3.22. The number of thioether (sulfide) groups is 1. The molecule has 2 aliphatic rings. The highest BCUT2D eigenvalue weighted by molar-refractivity contribution is 8.02. The maximum Gasteiger partial charge on any atom is 0.506 e. The van der Waals surface area contributed by atoms with E-state index in [1.165, 1.54) is 29.5 Å². The molecule has 0 aromatic heterocycles. The summed E-state index contributed by atoms with van der Waals surface area (Å²) in [6, 6.07) is 18.1. The van der Waals surface area contributed by atoms with E-state index in [0.717, 1.165) is 27.5 Å². The molecular weight excluding hydrogens is 465 g/mol. The third-order valence-corrected chi connectivity index (χ3v) is 7.01. The van der Waals surface area contributed by atoms with Crippen molar-refractivity contribution in [2.75, 3.05) is 12.0 Å². The largest absolute Gasteiger partial charge is 0.506 e. The third-order valence-electron chi connectivity index (χ3n) is 5.74. The van der Waals surface area contributed by atoms with Gasteiger partial charge in [-0.2, -0.15) is 22.5 Å². The van der Waals surface area contributed by atoms with Gasteiger partial charge in [0.05, 0.1) is 12.7 Å². The smallest absolute Gasteiger partial charge is 0.497 e. The number of anilines is 1. The van der Waals surface area contributed by atoms with E-state index in [1.807, 2.05) is 24.3 Å². The van der Waals surface area contributed by atoms with Crippen LogP contribution in [0.3, 0.4) is 0 Å². The number of fused-ring (bicyclic) bond motifs is 3. The van der Waals surface area contributed by atoms with Crippen LogP contribution in [0.4, 0.5) is 23.7 Å². The number of ether oxygens (including phenoxy) is 1. The number of nitrogens with zero attached hydrogens (tertiary/aromatic N) is 2. The maximum atomic E-state index is 13.7. The Labute approximate surface area is 197 Å². The summed E-state index contributed by atoms with van der Waals surface area (Å²) in [5.74, 6) is 0.169. The van der Waals surface area contributed by atoms with Crippen LogP contribution in [0.2, 0.25) is 0 Å². The van der Waals surface area contributed by atoms with E-state index in [2.05, 4.69) is 0 Å². The number of carbonyl (C=O) groups excluding carboxylic acids is 2. The molecule has 3 aromatic carbocycles. The molecule has 9 heteroatoms. The van der Waals surface area contributed by atoms with Crippen LogP contribution in [0, 0.1) is 0 Å². The van der Waals surface area contributed by atoms with Crippen molar-refractivity contribution in [2.24, 2.45) is 0 Å². The fraction of sp³-hybridized carbons (Fsp3) is 0.160. The molecule has 0 radical (unpaired) electrons. The van der Waals surface area contributed by atoms with Gasteiger partial charge >= 0.3 is 18.1 Å². The lowest BCUT2D eigenvalue weighted by Crippen LogP contribution is -2.55. The minimum Gasteiger partial charge on any atom is -0.497 e. The third kappa shape index (κ3) is 3.75. The minimum absolute atomic E-state index is 0.108. The van der Waals surface area contributed by atoms with Crippen LogP contribution < -0.4 is 9.64 Å². The van der Waals surface area contributed by atoms with Gasteiger partial charge in [-0.15, -0.1) is 16.7 Å². The lowest BCUT2D eigenvalue weighted by molar-refractivity contribution is -0.444. The molecule has 0 aliphatic carbocycles. The second-order valence-corrected chi connectivity index (χ2v) is 8.96. The molecule has 0 saturated heterocycles. The molecule has 3 amide bonds. The monoisotopic (exact) mass is 483 g/mol. The van der Waals surface area contributed by atoms with E-state index < -0.39 is 28.9 Å². The van der Waals surface area contributed by atoms with Crippen molar-refractivity contribution in [1.29, 1.82) is 0 Å². The summed E-state index contributed by atoms with van der Waals surface area (Å²) in [7, 11) is 1.51. The van der Waals surface area contributed by atoms with Gasteiger partial charge in [-0.1, -0.05) is 24.3 Å². The van der Waals surface area contributed by atoms with Crippen molar-refractivity contribution < 1.29 is 32.1 Å². The first-order valence-electron chi connectivity index (χ1n) is 10.4. The highest BCUT2D eigenvalue weighted by atomic mass is 32.2. The molecule has 0 spiro atoms. The summed E-state index contributed by atoms with van der Waals surface area (Å²) >= 11 is 1.33. The van der Waals surface area contributed by atoms with Crippen molar-refractivity contribution in [3.8, 4) is 5.75 Å². The summed E-state index contributed by atoms with van der Waals surface area (Å²) in [4.78, 5) is 29.1. The number of alkyl halides is 3. The van der Waals surface area contributed by atoms with Crippen LogP contribution in [-0.4, -0.2) is 34.6 Å². The van der Waals surface area contributed by atoms with Crippen LogP contribution in [0.1, 0.15) is 16.7 Å². The molecule has 5 nitrogen and oxygen atoms in total. The topological polar surface area (TPSA) is 49.6 Å². The molecule has 3 aromatic rings. The number of imide groups is 1. The number of amides is 3. The van der Waals surface area contributed by atoms with E-state index in [9.17, 15) is 22.8 Å².